The van der Waals surface area contributed by atoms with Crippen LogP contribution in [0.15, 0.2) is 61.1 Å². The largest absolute Gasteiger partial charge is 0.497 e. The van der Waals surface area contributed by atoms with Gasteiger partial charge in [-0.15, -0.1) is 0 Å². The minimum Gasteiger partial charge on any atom is -0.497 e. The molecule has 2 heterocycles. The van der Waals surface area contributed by atoms with Crippen molar-refractivity contribution in [1.29, 1.82) is 0 Å². The summed E-state index contributed by atoms with van der Waals surface area (Å²) in [5.41, 5.74) is 10.3. The van der Waals surface area contributed by atoms with Crippen LogP contribution >= 0.6 is 0 Å². The van der Waals surface area contributed by atoms with Gasteiger partial charge in [-0.05, 0) is 23.8 Å². The van der Waals surface area contributed by atoms with Crippen LogP contribution in [-0.2, 0) is 4.79 Å². The van der Waals surface area contributed by atoms with Gasteiger partial charge >= 0.3 is 0 Å². The fraction of sp³-hybridized carbons (Fsp3) is 0.143. The number of nitrogens with two attached hydrogens (primary N) is 1. The number of anilines is 1. The van der Waals surface area contributed by atoms with Crippen LogP contribution in [0, 0.1) is 0 Å². The van der Waals surface area contributed by atoms with E-state index in [2.05, 4.69) is 20.5 Å². The third-order valence-electron chi connectivity index (χ3n) is 4.83. The Hall–Kier alpha value is -3.58. The summed E-state index contributed by atoms with van der Waals surface area (Å²) in [6.45, 7) is 0.194. The number of H-pyrrole nitrogens is 2. The van der Waals surface area contributed by atoms with E-state index in [0.717, 1.165) is 27.6 Å². The molecule has 4 rings (SSSR count). The van der Waals surface area contributed by atoms with E-state index >= 15 is 0 Å². The number of para-hydroxylation sites is 1. The van der Waals surface area contributed by atoms with Gasteiger partial charge in [0.2, 0.25) is 5.91 Å². The first-order chi connectivity index (χ1) is 13.7. The van der Waals surface area contributed by atoms with Crippen molar-refractivity contribution in [2.24, 2.45) is 5.73 Å². The number of hydrogen-bond acceptors (Lipinski definition) is 4. The van der Waals surface area contributed by atoms with Gasteiger partial charge in [0.1, 0.15) is 5.75 Å². The van der Waals surface area contributed by atoms with Crippen LogP contribution in [0.4, 0.5) is 5.69 Å². The SMILES string of the molecule is COc1cccc([C@@H](CN)C(=O)Nc2cccc3c(-c4cn[nH]c4)c[nH]c23)c1. The Morgan fingerprint density at radius 2 is 2.11 bits per heavy atom. The molecule has 0 unspecified atom stereocenters. The Morgan fingerprint density at radius 1 is 1.25 bits per heavy atom. The lowest BCUT2D eigenvalue weighted by molar-refractivity contribution is -0.117. The van der Waals surface area contributed by atoms with Gasteiger partial charge in [0.25, 0.3) is 0 Å². The first kappa shape index (κ1) is 17.8. The van der Waals surface area contributed by atoms with Crippen LogP contribution in [-0.4, -0.2) is 34.7 Å². The molecule has 7 nitrogen and oxygen atoms in total. The molecule has 0 saturated carbocycles. The van der Waals surface area contributed by atoms with Crippen LogP contribution in [0.1, 0.15) is 11.5 Å². The van der Waals surface area contributed by atoms with E-state index in [0.29, 0.717) is 11.4 Å². The number of benzene rings is 2. The number of rotatable bonds is 6. The lowest BCUT2D eigenvalue weighted by atomic mass is 9.98. The predicted molar refractivity (Wildman–Crippen MR) is 109 cm³/mol. The summed E-state index contributed by atoms with van der Waals surface area (Å²) in [4.78, 5) is 16.2. The van der Waals surface area contributed by atoms with Gasteiger partial charge in [0, 0.05) is 35.5 Å². The van der Waals surface area contributed by atoms with Gasteiger partial charge in [0.05, 0.1) is 30.4 Å². The van der Waals surface area contributed by atoms with Gasteiger partial charge in [-0.25, -0.2) is 0 Å². The number of nitrogens with one attached hydrogen (secondary N) is 3. The van der Waals surface area contributed by atoms with Crippen molar-refractivity contribution in [2.75, 3.05) is 19.0 Å². The molecular weight excluding hydrogens is 354 g/mol. The maximum Gasteiger partial charge on any atom is 0.233 e. The third-order valence-corrected chi connectivity index (χ3v) is 4.83. The summed E-state index contributed by atoms with van der Waals surface area (Å²) in [5.74, 6) is 0.0522. The second-order valence-corrected chi connectivity index (χ2v) is 6.47. The molecule has 0 radical (unpaired) electrons. The molecule has 0 fully saturated rings. The van der Waals surface area contributed by atoms with E-state index < -0.39 is 5.92 Å². The van der Waals surface area contributed by atoms with Crippen LogP contribution in [0.25, 0.3) is 22.0 Å². The zero-order valence-electron chi connectivity index (χ0n) is 15.4. The summed E-state index contributed by atoms with van der Waals surface area (Å²) < 4.78 is 5.26. The zero-order valence-corrected chi connectivity index (χ0v) is 15.4. The summed E-state index contributed by atoms with van der Waals surface area (Å²) >= 11 is 0. The Bertz CT molecular complexity index is 1100. The van der Waals surface area contributed by atoms with Gasteiger partial charge in [-0.3, -0.25) is 9.89 Å². The van der Waals surface area contributed by atoms with Crippen molar-refractivity contribution in [2.45, 2.75) is 5.92 Å². The first-order valence-corrected chi connectivity index (χ1v) is 8.95. The highest BCUT2D eigenvalue weighted by Crippen LogP contribution is 2.32. The summed E-state index contributed by atoms with van der Waals surface area (Å²) in [6, 6.07) is 13.2. The van der Waals surface area contributed by atoms with Crippen LogP contribution in [0.5, 0.6) is 5.75 Å². The molecule has 2 aromatic carbocycles. The molecule has 7 heteroatoms. The average molecular weight is 375 g/mol. The van der Waals surface area contributed by atoms with Crippen molar-refractivity contribution >= 4 is 22.5 Å². The number of nitrogens with zero attached hydrogens (tertiary/aromatic N) is 1. The van der Waals surface area contributed by atoms with Gasteiger partial charge in [0.15, 0.2) is 0 Å². The standard InChI is InChI=1S/C21H21N5O2/c1-28-15-5-2-4-13(8-15)17(9-22)21(27)26-19-7-3-6-16-18(12-23-20(16)19)14-10-24-25-11-14/h2-8,10-12,17,23H,9,22H2,1H3,(H,24,25)(H,26,27)/t17-/m1/s1. The highest BCUT2D eigenvalue weighted by molar-refractivity contribution is 6.07. The van der Waals surface area contributed by atoms with E-state index in [9.17, 15) is 4.79 Å². The Labute approximate surface area is 161 Å². The Kier molecular flexibility index (Phi) is 4.82. The van der Waals surface area contributed by atoms with Crippen LogP contribution in [0.3, 0.4) is 0 Å². The predicted octanol–water partition coefficient (Wildman–Crippen LogP) is 3.25. The molecular formula is C21H21N5O2. The highest BCUT2D eigenvalue weighted by Gasteiger charge is 2.21. The number of carbonyl (C=O) groups is 1. The molecule has 1 amide bonds. The topological polar surface area (TPSA) is 109 Å². The molecule has 0 aliphatic carbocycles. The molecule has 5 N–H and O–H groups in total. The molecule has 0 aliphatic rings. The summed E-state index contributed by atoms with van der Waals surface area (Å²) in [6.07, 6.45) is 5.51. The van der Waals surface area contributed by atoms with Crippen molar-refractivity contribution in [3.8, 4) is 16.9 Å². The smallest absolute Gasteiger partial charge is 0.233 e. The van der Waals surface area contributed by atoms with Gasteiger partial charge < -0.3 is 20.8 Å². The lowest BCUT2D eigenvalue weighted by Crippen LogP contribution is -2.27. The molecule has 0 aliphatic heterocycles. The zero-order chi connectivity index (χ0) is 19.5. The molecule has 0 bridgehead atoms. The summed E-state index contributed by atoms with van der Waals surface area (Å²) in [5, 5.41) is 10.8. The molecule has 2 aromatic heterocycles. The number of amides is 1. The van der Waals surface area contributed by atoms with E-state index in [4.69, 9.17) is 10.5 Å². The number of hydrogen-bond donors (Lipinski definition) is 4. The maximum atomic E-state index is 13.0. The van der Waals surface area contributed by atoms with E-state index in [1.54, 1.807) is 13.3 Å². The molecule has 1 atom stereocenters. The number of carbonyl (C=O) groups excluding carboxylic acids is 1. The Morgan fingerprint density at radius 3 is 2.86 bits per heavy atom. The third kappa shape index (κ3) is 3.23. The monoisotopic (exact) mass is 375 g/mol. The number of methoxy groups -OCH3 is 1. The second-order valence-electron chi connectivity index (χ2n) is 6.47. The highest BCUT2D eigenvalue weighted by atomic mass is 16.5. The minimum atomic E-state index is -0.478. The molecule has 0 spiro atoms. The van der Waals surface area contributed by atoms with Crippen molar-refractivity contribution < 1.29 is 9.53 Å². The number of fused-ring (bicyclic) bond motifs is 1. The van der Waals surface area contributed by atoms with Crippen LogP contribution in [0.2, 0.25) is 0 Å². The van der Waals surface area contributed by atoms with E-state index in [1.807, 2.05) is 54.9 Å². The Balaban J connectivity index is 1.64. The second kappa shape index (κ2) is 7.58. The molecule has 0 saturated heterocycles. The maximum absolute atomic E-state index is 13.0. The fourth-order valence-electron chi connectivity index (χ4n) is 3.37. The van der Waals surface area contributed by atoms with Crippen LogP contribution < -0.4 is 15.8 Å². The van der Waals surface area contributed by atoms with Crippen molar-refractivity contribution in [1.82, 2.24) is 15.2 Å². The molecule has 28 heavy (non-hydrogen) atoms. The van der Waals surface area contributed by atoms with E-state index in [-0.39, 0.29) is 12.5 Å². The van der Waals surface area contributed by atoms with Gasteiger partial charge in [-0.2, -0.15) is 5.10 Å². The minimum absolute atomic E-state index is 0.164. The first-order valence-electron chi connectivity index (χ1n) is 8.95. The summed E-state index contributed by atoms with van der Waals surface area (Å²) in [7, 11) is 1.60. The molecule has 142 valence electrons. The quantitative estimate of drug-likeness (QED) is 0.415. The lowest BCUT2D eigenvalue weighted by Gasteiger charge is -2.16. The van der Waals surface area contributed by atoms with Gasteiger partial charge in [-0.1, -0.05) is 24.3 Å². The van der Waals surface area contributed by atoms with E-state index in [1.165, 1.54) is 0 Å². The fourth-order valence-corrected chi connectivity index (χ4v) is 3.37. The number of aromatic amines is 2. The van der Waals surface area contributed by atoms with Crippen molar-refractivity contribution in [3.63, 3.8) is 0 Å². The van der Waals surface area contributed by atoms with Crippen molar-refractivity contribution in [3.05, 3.63) is 66.6 Å². The number of ether oxygens (including phenoxy) is 1. The average Bonchev–Trinajstić information content (AvgIpc) is 3.38. The normalized spacial score (nSPS) is 12.1. The number of aromatic nitrogens is 3. The molecule has 4 aromatic rings.